The number of nitro groups is 1. The zero-order valence-corrected chi connectivity index (χ0v) is 13.9. The Morgan fingerprint density at radius 2 is 1.92 bits per heavy atom. The van der Waals surface area contributed by atoms with E-state index in [2.05, 4.69) is 0 Å². The van der Waals surface area contributed by atoms with Crippen LogP contribution in [-0.4, -0.2) is 16.6 Å². The summed E-state index contributed by atoms with van der Waals surface area (Å²) >= 11 is 0. The molecular formula is C18H20N2O4. The first-order valence-corrected chi connectivity index (χ1v) is 7.51. The number of ether oxygens (including phenoxy) is 1. The van der Waals surface area contributed by atoms with Crippen molar-refractivity contribution in [1.29, 1.82) is 0 Å². The van der Waals surface area contributed by atoms with Crippen LogP contribution in [0.25, 0.3) is 11.1 Å². The molecule has 2 N–H and O–H groups in total. The van der Waals surface area contributed by atoms with Crippen LogP contribution in [0.1, 0.15) is 25.0 Å². The summed E-state index contributed by atoms with van der Waals surface area (Å²) in [6.45, 7) is 5.28. The number of carbonyl (C=O) groups excluding carboxylic acids is 1. The average Bonchev–Trinajstić information content (AvgIpc) is 2.46. The van der Waals surface area contributed by atoms with Crippen LogP contribution >= 0.6 is 0 Å². The van der Waals surface area contributed by atoms with E-state index in [0.29, 0.717) is 5.56 Å². The van der Waals surface area contributed by atoms with Crippen LogP contribution in [0.15, 0.2) is 42.5 Å². The summed E-state index contributed by atoms with van der Waals surface area (Å²) in [5, 5.41) is 11.5. The first-order valence-electron chi connectivity index (χ1n) is 7.51. The van der Waals surface area contributed by atoms with Crippen molar-refractivity contribution in [2.75, 3.05) is 0 Å². The van der Waals surface area contributed by atoms with E-state index in [1.54, 1.807) is 26.0 Å². The van der Waals surface area contributed by atoms with Gasteiger partial charge in [-0.2, -0.15) is 0 Å². The minimum atomic E-state index is -0.930. The molecule has 6 nitrogen and oxygen atoms in total. The van der Waals surface area contributed by atoms with Gasteiger partial charge in [0, 0.05) is 18.1 Å². The molecule has 0 saturated carbocycles. The van der Waals surface area contributed by atoms with Gasteiger partial charge in [0.25, 0.3) is 5.69 Å². The van der Waals surface area contributed by atoms with E-state index in [4.69, 9.17) is 10.5 Å². The smallest absolute Gasteiger partial charge is 0.405 e. The third-order valence-corrected chi connectivity index (χ3v) is 3.73. The lowest BCUT2D eigenvalue weighted by molar-refractivity contribution is -0.385. The molecule has 1 amide bonds. The molecular weight excluding hydrogens is 308 g/mol. The summed E-state index contributed by atoms with van der Waals surface area (Å²) < 4.78 is 5.03. The van der Waals surface area contributed by atoms with Gasteiger partial charge >= 0.3 is 6.09 Å². The summed E-state index contributed by atoms with van der Waals surface area (Å²) in [5.74, 6) is 0. The maximum absolute atomic E-state index is 11.5. The Kier molecular flexibility index (Phi) is 4.87. The van der Waals surface area contributed by atoms with Crippen LogP contribution in [-0.2, 0) is 11.2 Å². The molecule has 126 valence electrons. The van der Waals surface area contributed by atoms with Crippen LogP contribution in [0, 0.1) is 17.0 Å². The number of nitrogens with two attached hydrogens (primary N) is 1. The quantitative estimate of drug-likeness (QED) is 0.663. The fourth-order valence-electron chi connectivity index (χ4n) is 2.71. The van der Waals surface area contributed by atoms with E-state index in [9.17, 15) is 14.9 Å². The van der Waals surface area contributed by atoms with E-state index < -0.39 is 16.6 Å². The largest absolute Gasteiger partial charge is 0.443 e. The number of rotatable bonds is 5. The molecule has 0 unspecified atom stereocenters. The Bertz CT molecular complexity index is 784. The first kappa shape index (κ1) is 17.5. The lowest BCUT2D eigenvalue weighted by atomic mass is 9.93. The zero-order valence-electron chi connectivity index (χ0n) is 13.9. The molecule has 0 aliphatic carbocycles. The molecule has 0 heterocycles. The zero-order chi connectivity index (χ0) is 17.9. The number of nitrogens with zero attached hydrogens (tertiary/aromatic N) is 1. The van der Waals surface area contributed by atoms with Crippen LogP contribution in [0.3, 0.4) is 0 Å². The molecule has 0 bridgehead atoms. The van der Waals surface area contributed by atoms with Gasteiger partial charge in [-0.25, -0.2) is 4.79 Å². The Morgan fingerprint density at radius 1 is 1.25 bits per heavy atom. The summed E-state index contributed by atoms with van der Waals surface area (Å²) in [6, 6.07) is 12.8. The van der Waals surface area contributed by atoms with Gasteiger partial charge in [-0.15, -0.1) is 0 Å². The van der Waals surface area contributed by atoms with Gasteiger partial charge in [0.1, 0.15) is 5.60 Å². The van der Waals surface area contributed by atoms with Gasteiger partial charge in [-0.1, -0.05) is 36.4 Å². The van der Waals surface area contributed by atoms with Crippen molar-refractivity contribution in [2.45, 2.75) is 32.8 Å². The third-order valence-electron chi connectivity index (χ3n) is 3.73. The number of amides is 1. The molecule has 2 aromatic carbocycles. The highest BCUT2D eigenvalue weighted by Gasteiger charge is 2.27. The highest BCUT2D eigenvalue weighted by molar-refractivity contribution is 5.70. The number of benzene rings is 2. The maximum atomic E-state index is 11.5. The van der Waals surface area contributed by atoms with Crippen LogP contribution in [0.5, 0.6) is 0 Å². The van der Waals surface area contributed by atoms with Crippen molar-refractivity contribution < 1.29 is 14.5 Å². The molecule has 0 radical (unpaired) electrons. The van der Waals surface area contributed by atoms with Gasteiger partial charge in [-0.05, 0) is 37.5 Å². The van der Waals surface area contributed by atoms with E-state index >= 15 is 0 Å². The van der Waals surface area contributed by atoms with E-state index in [0.717, 1.165) is 16.7 Å². The molecule has 2 aromatic rings. The van der Waals surface area contributed by atoms with Gasteiger partial charge in [0.05, 0.1) is 4.92 Å². The molecule has 0 aliphatic rings. The number of hydrogen-bond acceptors (Lipinski definition) is 4. The van der Waals surface area contributed by atoms with Crippen LogP contribution in [0.4, 0.5) is 10.5 Å². The normalized spacial score (nSPS) is 11.1. The predicted molar refractivity (Wildman–Crippen MR) is 91.7 cm³/mol. The van der Waals surface area contributed by atoms with Crippen molar-refractivity contribution in [2.24, 2.45) is 5.73 Å². The third kappa shape index (κ3) is 4.10. The Hall–Kier alpha value is -2.89. The fraction of sp³-hybridized carbons (Fsp3) is 0.278. The van der Waals surface area contributed by atoms with Crippen molar-refractivity contribution in [3.05, 3.63) is 63.7 Å². The second-order valence-electron chi connectivity index (χ2n) is 6.27. The minimum Gasteiger partial charge on any atom is -0.443 e. The number of primary amides is 1. The van der Waals surface area contributed by atoms with E-state index in [1.807, 2.05) is 37.3 Å². The second-order valence-corrected chi connectivity index (χ2v) is 6.27. The predicted octanol–water partition coefficient (Wildman–Crippen LogP) is 3.99. The first-order chi connectivity index (χ1) is 11.2. The second kappa shape index (κ2) is 6.70. The van der Waals surface area contributed by atoms with Crippen LogP contribution < -0.4 is 5.73 Å². The molecule has 6 heteroatoms. The highest BCUT2D eigenvalue weighted by Crippen LogP contribution is 2.31. The van der Waals surface area contributed by atoms with E-state index in [1.165, 1.54) is 0 Å². The maximum Gasteiger partial charge on any atom is 0.405 e. The summed E-state index contributed by atoms with van der Waals surface area (Å²) in [7, 11) is 0. The van der Waals surface area contributed by atoms with Gasteiger partial charge in [-0.3, -0.25) is 10.1 Å². The molecule has 0 saturated heterocycles. The molecule has 0 aliphatic heterocycles. The Balaban J connectivity index is 2.43. The monoisotopic (exact) mass is 328 g/mol. The Morgan fingerprint density at radius 3 is 2.50 bits per heavy atom. The molecule has 0 spiro atoms. The number of nitro benzene ring substituents is 1. The van der Waals surface area contributed by atoms with Crippen molar-refractivity contribution in [1.82, 2.24) is 0 Å². The minimum absolute atomic E-state index is 0.00287. The van der Waals surface area contributed by atoms with Crippen molar-refractivity contribution in [3.63, 3.8) is 0 Å². The Labute approximate surface area is 140 Å². The molecule has 0 fully saturated rings. The summed E-state index contributed by atoms with van der Waals surface area (Å²) in [4.78, 5) is 22.0. The standard InChI is InChI=1S/C18H20N2O4/c1-12-6-4-5-7-15(12)13-8-9-14(16(10-13)20(22)23)11-18(2,3)24-17(19)21/h4-10H,11H2,1-3H3,(H2,19,21). The van der Waals surface area contributed by atoms with Gasteiger partial charge in [0.2, 0.25) is 0 Å². The summed E-state index contributed by atoms with van der Waals surface area (Å²) in [5.41, 5.74) is 7.37. The summed E-state index contributed by atoms with van der Waals surface area (Å²) in [6.07, 6.45) is -0.709. The average molecular weight is 328 g/mol. The fourth-order valence-corrected chi connectivity index (χ4v) is 2.71. The number of hydrogen-bond donors (Lipinski definition) is 1. The van der Waals surface area contributed by atoms with Crippen molar-refractivity contribution in [3.8, 4) is 11.1 Å². The molecule has 0 atom stereocenters. The number of aryl methyl sites for hydroxylation is 1. The highest BCUT2D eigenvalue weighted by atomic mass is 16.6. The van der Waals surface area contributed by atoms with E-state index in [-0.39, 0.29) is 12.1 Å². The number of carbonyl (C=O) groups is 1. The lowest BCUT2D eigenvalue weighted by Gasteiger charge is -2.24. The lowest BCUT2D eigenvalue weighted by Crippen LogP contribution is -2.33. The topological polar surface area (TPSA) is 95.5 Å². The van der Waals surface area contributed by atoms with Gasteiger partial charge in [0.15, 0.2) is 0 Å². The van der Waals surface area contributed by atoms with Crippen molar-refractivity contribution >= 4 is 11.8 Å². The SMILES string of the molecule is Cc1ccccc1-c1ccc(CC(C)(C)OC(N)=O)c([N+](=O)[O-])c1. The molecule has 0 aromatic heterocycles. The molecule has 2 rings (SSSR count). The van der Waals surface area contributed by atoms with Gasteiger partial charge < -0.3 is 10.5 Å². The van der Waals surface area contributed by atoms with Crippen LogP contribution in [0.2, 0.25) is 0 Å². The molecule has 24 heavy (non-hydrogen) atoms.